The average Bonchev–Trinajstić information content (AvgIpc) is 2.18. The lowest BCUT2D eigenvalue weighted by Gasteiger charge is -1.97. The molecule has 0 atom stereocenters. The molecule has 0 aliphatic heterocycles. The van der Waals surface area contributed by atoms with Gasteiger partial charge in [0.25, 0.3) is 0 Å². The second-order valence-corrected chi connectivity index (χ2v) is 2.53. The first-order valence-electron chi connectivity index (χ1n) is 3.78. The molecule has 0 aromatic heterocycles. The van der Waals surface area contributed by atoms with E-state index in [2.05, 4.69) is 10.2 Å². The highest BCUT2D eigenvalue weighted by molar-refractivity contribution is 5.81. The van der Waals surface area contributed by atoms with Gasteiger partial charge >= 0.3 is 0 Å². The fraction of sp³-hybridized carbons (Fsp3) is 0. The van der Waals surface area contributed by atoms with Crippen LogP contribution < -0.4 is 11.5 Å². The second kappa shape index (κ2) is 4.45. The Kier molecular flexibility index (Phi) is 3.27. The van der Waals surface area contributed by atoms with E-state index in [1.54, 1.807) is 0 Å². The van der Waals surface area contributed by atoms with Gasteiger partial charge in [-0.05, 0) is 12.1 Å². The summed E-state index contributed by atoms with van der Waals surface area (Å²) in [5, 5.41) is 6.43. The van der Waals surface area contributed by atoms with E-state index in [9.17, 15) is 13.2 Å². The highest BCUT2D eigenvalue weighted by atomic mass is 19.2. The molecule has 0 spiro atoms. The van der Waals surface area contributed by atoms with Crippen LogP contribution >= 0.6 is 0 Å². The number of rotatable bonds is 2. The SMILES string of the molecule is NC(N)=N/N=C/c1ccc(F)c(F)c1F. The number of nitrogens with two attached hydrogens (primary N) is 2. The van der Waals surface area contributed by atoms with Gasteiger partial charge in [-0.25, -0.2) is 13.2 Å². The Morgan fingerprint density at radius 2 is 1.80 bits per heavy atom. The minimum atomic E-state index is -1.57. The van der Waals surface area contributed by atoms with Gasteiger partial charge < -0.3 is 11.5 Å². The highest BCUT2D eigenvalue weighted by Gasteiger charge is 2.11. The van der Waals surface area contributed by atoms with E-state index in [4.69, 9.17) is 11.5 Å². The van der Waals surface area contributed by atoms with Crippen molar-refractivity contribution in [1.29, 1.82) is 0 Å². The van der Waals surface area contributed by atoms with Crippen LogP contribution in [-0.2, 0) is 0 Å². The van der Waals surface area contributed by atoms with Gasteiger partial charge in [0.15, 0.2) is 17.5 Å². The molecule has 0 aliphatic carbocycles. The lowest BCUT2D eigenvalue weighted by atomic mass is 10.2. The van der Waals surface area contributed by atoms with Crippen molar-refractivity contribution in [2.45, 2.75) is 0 Å². The zero-order valence-electron chi connectivity index (χ0n) is 7.42. The summed E-state index contributed by atoms with van der Waals surface area (Å²) in [5.74, 6) is -4.51. The molecular formula is C8H7F3N4. The fourth-order valence-electron chi connectivity index (χ4n) is 0.798. The van der Waals surface area contributed by atoms with Crippen LogP contribution in [0.1, 0.15) is 5.56 Å². The Morgan fingerprint density at radius 3 is 2.40 bits per heavy atom. The van der Waals surface area contributed by atoms with Crippen molar-refractivity contribution in [1.82, 2.24) is 0 Å². The van der Waals surface area contributed by atoms with Crippen molar-refractivity contribution in [2.24, 2.45) is 21.7 Å². The first kappa shape index (κ1) is 11.0. The summed E-state index contributed by atoms with van der Waals surface area (Å²) in [4.78, 5) is 0. The van der Waals surface area contributed by atoms with Crippen LogP contribution in [0.2, 0.25) is 0 Å². The van der Waals surface area contributed by atoms with Gasteiger partial charge in [0, 0.05) is 5.56 Å². The molecule has 4 N–H and O–H groups in total. The molecule has 4 nitrogen and oxygen atoms in total. The van der Waals surface area contributed by atoms with Crippen molar-refractivity contribution in [3.63, 3.8) is 0 Å². The van der Waals surface area contributed by atoms with E-state index in [-0.39, 0.29) is 11.5 Å². The maximum atomic E-state index is 13.0. The predicted octanol–water partition coefficient (Wildman–Crippen LogP) is 0.711. The summed E-state index contributed by atoms with van der Waals surface area (Å²) in [6.07, 6.45) is 0.873. The van der Waals surface area contributed by atoms with E-state index in [0.29, 0.717) is 0 Å². The largest absolute Gasteiger partial charge is 0.369 e. The van der Waals surface area contributed by atoms with Gasteiger partial charge in [-0.3, -0.25) is 0 Å². The zero-order valence-corrected chi connectivity index (χ0v) is 7.42. The van der Waals surface area contributed by atoms with E-state index in [0.717, 1.165) is 18.3 Å². The van der Waals surface area contributed by atoms with E-state index in [1.807, 2.05) is 0 Å². The zero-order chi connectivity index (χ0) is 11.4. The van der Waals surface area contributed by atoms with Crippen LogP contribution in [0.25, 0.3) is 0 Å². The number of hydrogen-bond donors (Lipinski definition) is 2. The van der Waals surface area contributed by atoms with Crippen LogP contribution in [0.5, 0.6) is 0 Å². The van der Waals surface area contributed by atoms with Gasteiger partial charge in [-0.1, -0.05) is 0 Å². The van der Waals surface area contributed by atoms with Gasteiger partial charge in [-0.2, -0.15) is 5.10 Å². The van der Waals surface area contributed by atoms with Gasteiger partial charge in [-0.15, -0.1) is 5.10 Å². The fourth-order valence-corrected chi connectivity index (χ4v) is 0.798. The molecule has 7 heteroatoms. The number of hydrogen-bond acceptors (Lipinski definition) is 2. The Morgan fingerprint density at radius 1 is 1.13 bits per heavy atom. The summed E-state index contributed by atoms with van der Waals surface area (Å²) >= 11 is 0. The van der Waals surface area contributed by atoms with Gasteiger partial charge in [0.1, 0.15) is 0 Å². The standard InChI is InChI=1S/C8H7F3N4/c9-5-2-1-4(6(10)7(5)11)3-14-15-8(12)13/h1-3H,(H4,12,13,15)/b14-3+. The van der Waals surface area contributed by atoms with E-state index >= 15 is 0 Å². The molecule has 0 bridgehead atoms. The molecule has 0 unspecified atom stereocenters. The predicted molar refractivity (Wildman–Crippen MR) is 49.7 cm³/mol. The molecule has 0 amide bonds. The van der Waals surface area contributed by atoms with Crippen LogP contribution in [-0.4, -0.2) is 12.2 Å². The summed E-state index contributed by atoms with van der Waals surface area (Å²) < 4.78 is 38.1. The Bertz CT molecular complexity index is 424. The maximum absolute atomic E-state index is 13.0. The van der Waals surface area contributed by atoms with Gasteiger partial charge in [0.2, 0.25) is 5.96 Å². The van der Waals surface area contributed by atoms with Crippen molar-refractivity contribution < 1.29 is 13.2 Å². The quantitative estimate of drug-likeness (QED) is 0.330. The Labute approximate surface area is 83.1 Å². The molecule has 0 saturated heterocycles. The van der Waals surface area contributed by atoms with Crippen LogP contribution in [0.15, 0.2) is 22.3 Å². The normalized spacial score (nSPS) is 10.6. The summed E-state index contributed by atoms with van der Waals surface area (Å²) in [6, 6.07) is 1.79. The molecular weight excluding hydrogens is 209 g/mol. The third-order valence-electron chi connectivity index (χ3n) is 1.44. The van der Waals surface area contributed by atoms with Crippen LogP contribution in [0, 0.1) is 17.5 Å². The average molecular weight is 216 g/mol. The number of benzene rings is 1. The molecule has 0 saturated carbocycles. The lowest BCUT2D eigenvalue weighted by Crippen LogP contribution is -2.21. The first-order valence-corrected chi connectivity index (χ1v) is 3.78. The van der Waals surface area contributed by atoms with E-state index in [1.165, 1.54) is 0 Å². The third-order valence-corrected chi connectivity index (χ3v) is 1.44. The maximum Gasteiger partial charge on any atom is 0.211 e. The first-order chi connectivity index (χ1) is 7.02. The Balaban J connectivity index is 3.02. The second-order valence-electron chi connectivity index (χ2n) is 2.53. The minimum absolute atomic E-state index is 0.251. The number of nitrogens with zero attached hydrogens (tertiary/aromatic N) is 2. The smallest absolute Gasteiger partial charge is 0.211 e. The molecule has 1 aromatic rings. The molecule has 80 valence electrons. The molecule has 15 heavy (non-hydrogen) atoms. The summed E-state index contributed by atoms with van der Waals surface area (Å²) in [5.41, 5.74) is 9.62. The monoisotopic (exact) mass is 216 g/mol. The topological polar surface area (TPSA) is 76.8 Å². The van der Waals surface area contributed by atoms with Crippen molar-refractivity contribution >= 4 is 12.2 Å². The van der Waals surface area contributed by atoms with Crippen molar-refractivity contribution in [3.05, 3.63) is 35.1 Å². The van der Waals surface area contributed by atoms with Crippen LogP contribution in [0.3, 0.4) is 0 Å². The third kappa shape index (κ3) is 2.70. The Hall–Kier alpha value is -2.05. The number of halogens is 3. The van der Waals surface area contributed by atoms with Crippen molar-refractivity contribution in [2.75, 3.05) is 0 Å². The molecule has 1 rings (SSSR count). The summed E-state index contributed by atoms with van der Waals surface area (Å²) in [6.45, 7) is 0. The van der Waals surface area contributed by atoms with Crippen molar-refractivity contribution in [3.8, 4) is 0 Å². The summed E-state index contributed by atoms with van der Waals surface area (Å²) in [7, 11) is 0. The minimum Gasteiger partial charge on any atom is -0.369 e. The molecule has 0 aliphatic rings. The number of guanidine groups is 1. The molecule has 0 fully saturated rings. The molecule has 0 heterocycles. The van der Waals surface area contributed by atoms with Crippen LogP contribution in [0.4, 0.5) is 13.2 Å². The lowest BCUT2D eigenvalue weighted by molar-refractivity contribution is 0.446. The molecule has 1 aromatic carbocycles. The van der Waals surface area contributed by atoms with E-state index < -0.39 is 17.5 Å². The van der Waals surface area contributed by atoms with Gasteiger partial charge in [0.05, 0.1) is 6.21 Å². The molecule has 0 radical (unpaired) electrons. The highest BCUT2D eigenvalue weighted by Crippen LogP contribution is 2.13.